The van der Waals surface area contributed by atoms with Crippen LogP contribution in [-0.2, 0) is 0 Å². The zero-order chi connectivity index (χ0) is 10.3. The molecule has 0 saturated heterocycles. The Morgan fingerprint density at radius 3 is 2.31 bits per heavy atom. The summed E-state index contributed by atoms with van der Waals surface area (Å²) in [5.41, 5.74) is 4.14. The van der Waals surface area contributed by atoms with Crippen LogP contribution in [-0.4, -0.2) is 8.07 Å². The average Bonchev–Trinajstić information content (AvgIpc) is 1.98. The quantitative estimate of drug-likeness (QED) is 0.432. The molecule has 0 saturated carbocycles. The molecule has 0 aromatic heterocycles. The van der Waals surface area contributed by atoms with Gasteiger partial charge in [-0.25, -0.2) is 0 Å². The fraction of sp³-hybridized carbons (Fsp3) is 0.667. The fourth-order valence-corrected chi connectivity index (χ4v) is 2.92. The summed E-state index contributed by atoms with van der Waals surface area (Å²) >= 11 is 0. The van der Waals surface area contributed by atoms with Gasteiger partial charge in [-0.05, 0) is 19.3 Å². The smallest absolute Gasteiger partial charge is 0.0686 e. The van der Waals surface area contributed by atoms with Gasteiger partial charge >= 0.3 is 0 Å². The number of hydrogen-bond acceptors (Lipinski definition) is 0. The molecule has 0 nitrogen and oxygen atoms in total. The van der Waals surface area contributed by atoms with Crippen molar-refractivity contribution in [2.45, 2.75) is 52.2 Å². The molecule has 76 valence electrons. The van der Waals surface area contributed by atoms with Gasteiger partial charge in [0.2, 0.25) is 0 Å². The molecular formula is C12H24Si. The zero-order valence-corrected chi connectivity index (χ0v) is 10.7. The third-order valence-electron chi connectivity index (χ3n) is 1.90. The molecule has 1 heteroatoms. The van der Waals surface area contributed by atoms with Crippen LogP contribution in [0.5, 0.6) is 0 Å². The summed E-state index contributed by atoms with van der Waals surface area (Å²) in [5, 5.41) is 0. The van der Waals surface area contributed by atoms with Gasteiger partial charge < -0.3 is 0 Å². The van der Waals surface area contributed by atoms with Gasteiger partial charge in [-0.2, -0.15) is 0 Å². The van der Waals surface area contributed by atoms with Gasteiger partial charge in [-0.1, -0.05) is 50.3 Å². The molecule has 0 spiro atoms. The third kappa shape index (κ3) is 8.04. The van der Waals surface area contributed by atoms with E-state index in [1.165, 1.54) is 19.3 Å². The van der Waals surface area contributed by atoms with Crippen LogP contribution in [0.3, 0.4) is 0 Å². The van der Waals surface area contributed by atoms with E-state index >= 15 is 0 Å². The molecule has 0 amide bonds. The molecule has 0 radical (unpaired) electrons. The molecule has 0 atom stereocenters. The number of rotatable bonds is 6. The second-order valence-electron chi connectivity index (χ2n) is 4.76. The van der Waals surface area contributed by atoms with E-state index in [4.69, 9.17) is 0 Å². The first kappa shape index (κ1) is 12.7. The molecule has 0 heterocycles. The number of unbranched alkanes of at least 4 members (excludes halogenated alkanes) is 1. The van der Waals surface area contributed by atoms with Gasteiger partial charge in [0.15, 0.2) is 0 Å². The molecule has 0 aliphatic heterocycles. The highest BCUT2D eigenvalue weighted by Gasteiger charge is 2.09. The zero-order valence-electron chi connectivity index (χ0n) is 9.69. The summed E-state index contributed by atoms with van der Waals surface area (Å²) in [6.45, 7) is 13.2. The standard InChI is InChI=1S/C12H24Si/c1-6-8-10-12(9-7-2)11-13(3,4)5/h7,11H,2,6,8-10H2,1,3-5H3. The maximum absolute atomic E-state index is 3.81. The van der Waals surface area contributed by atoms with Crippen LogP contribution in [0, 0.1) is 0 Å². The Kier molecular flexibility index (Phi) is 6.05. The number of allylic oxidation sites excluding steroid dienone is 2. The summed E-state index contributed by atoms with van der Waals surface area (Å²) in [6.07, 6.45) is 7.00. The SMILES string of the molecule is C=CCC(=C[Si](C)(C)C)CCCC. The molecule has 0 rings (SSSR count). The Morgan fingerprint density at radius 1 is 1.31 bits per heavy atom. The van der Waals surface area contributed by atoms with E-state index in [1.54, 1.807) is 5.57 Å². The van der Waals surface area contributed by atoms with Crippen molar-refractivity contribution in [1.29, 1.82) is 0 Å². The minimum atomic E-state index is -1.02. The molecular weight excluding hydrogens is 172 g/mol. The fourth-order valence-electron chi connectivity index (χ4n) is 1.43. The Morgan fingerprint density at radius 2 is 1.92 bits per heavy atom. The molecule has 0 N–H and O–H groups in total. The van der Waals surface area contributed by atoms with Crippen LogP contribution in [0.15, 0.2) is 23.9 Å². The van der Waals surface area contributed by atoms with Gasteiger partial charge in [0.25, 0.3) is 0 Å². The van der Waals surface area contributed by atoms with Crippen molar-refractivity contribution in [3.05, 3.63) is 23.9 Å². The largest absolute Gasteiger partial charge is 0.103 e. The van der Waals surface area contributed by atoms with Crippen LogP contribution in [0.25, 0.3) is 0 Å². The van der Waals surface area contributed by atoms with Crippen molar-refractivity contribution in [3.8, 4) is 0 Å². The summed E-state index contributed by atoms with van der Waals surface area (Å²) < 4.78 is 0. The topological polar surface area (TPSA) is 0 Å². The van der Waals surface area contributed by atoms with Crippen molar-refractivity contribution < 1.29 is 0 Å². The first-order valence-electron chi connectivity index (χ1n) is 5.31. The van der Waals surface area contributed by atoms with Gasteiger partial charge in [-0.3, -0.25) is 0 Å². The second kappa shape index (κ2) is 6.20. The van der Waals surface area contributed by atoms with Gasteiger partial charge in [0, 0.05) is 0 Å². The van der Waals surface area contributed by atoms with E-state index in [-0.39, 0.29) is 0 Å². The maximum atomic E-state index is 3.81. The number of hydrogen-bond donors (Lipinski definition) is 0. The minimum Gasteiger partial charge on any atom is -0.103 e. The summed E-state index contributed by atoms with van der Waals surface area (Å²) in [7, 11) is -1.02. The Hall–Kier alpha value is -0.303. The summed E-state index contributed by atoms with van der Waals surface area (Å²) in [4.78, 5) is 0. The van der Waals surface area contributed by atoms with Crippen molar-refractivity contribution >= 4 is 8.07 Å². The molecule has 0 fully saturated rings. The van der Waals surface area contributed by atoms with Crippen molar-refractivity contribution in [1.82, 2.24) is 0 Å². The lowest BCUT2D eigenvalue weighted by Gasteiger charge is -2.13. The second-order valence-corrected chi connectivity index (χ2v) is 9.79. The minimum absolute atomic E-state index is 1.02. The Bertz CT molecular complexity index is 172. The highest BCUT2D eigenvalue weighted by molar-refractivity contribution is 6.81. The lowest BCUT2D eigenvalue weighted by atomic mass is 10.1. The molecule has 0 unspecified atom stereocenters. The highest BCUT2D eigenvalue weighted by Crippen LogP contribution is 2.16. The van der Waals surface area contributed by atoms with E-state index in [1.807, 2.05) is 6.08 Å². The van der Waals surface area contributed by atoms with Crippen molar-refractivity contribution in [2.24, 2.45) is 0 Å². The summed E-state index contributed by atoms with van der Waals surface area (Å²) in [5.74, 6) is 0. The van der Waals surface area contributed by atoms with Gasteiger partial charge in [-0.15, -0.1) is 6.58 Å². The molecule has 0 aliphatic carbocycles. The van der Waals surface area contributed by atoms with E-state index in [9.17, 15) is 0 Å². The van der Waals surface area contributed by atoms with Crippen LogP contribution >= 0.6 is 0 Å². The first-order chi connectivity index (χ1) is 5.99. The predicted molar refractivity (Wildman–Crippen MR) is 65.8 cm³/mol. The van der Waals surface area contributed by atoms with E-state index < -0.39 is 8.07 Å². The van der Waals surface area contributed by atoms with Crippen molar-refractivity contribution in [2.75, 3.05) is 0 Å². The van der Waals surface area contributed by atoms with Gasteiger partial charge in [0.05, 0.1) is 8.07 Å². The van der Waals surface area contributed by atoms with Crippen LogP contribution in [0.1, 0.15) is 32.6 Å². The lowest BCUT2D eigenvalue weighted by Crippen LogP contribution is -2.16. The van der Waals surface area contributed by atoms with Crippen LogP contribution in [0.2, 0.25) is 19.6 Å². The van der Waals surface area contributed by atoms with E-state index in [0.717, 1.165) is 6.42 Å². The van der Waals surface area contributed by atoms with E-state index in [2.05, 4.69) is 38.8 Å². The van der Waals surface area contributed by atoms with Crippen molar-refractivity contribution in [3.63, 3.8) is 0 Å². The molecule has 0 aliphatic rings. The lowest BCUT2D eigenvalue weighted by molar-refractivity contribution is 0.776. The summed E-state index contributed by atoms with van der Waals surface area (Å²) in [6, 6.07) is 0. The van der Waals surface area contributed by atoms with Gasteiger partial charge in [0.1, 0.15) is 0 Å². The monoisotopic (exact) mass is 196 g/mol. The molecule has 0 aromatic rings. The Labute approximate surface area is 84.8 Å². The molecule has 0 bridgehead atoms. The maximum Gasteiger partial charge on any atom is 0.0686 e. The normalized spacial score (nSPS) is 13.1. The molecule has 0 aromatic carbocycles. The average molecular weight is 196 g/mol. The molecule has 13 heavy (non-hydrogen) atoms. The highest BCUT2D eigenvalue weighted by atomic mass is 28.3. The first-order valence-corrected chi connectivity index (χ1v) is 8.89. The predicted octanol–water partition coefficient (Wildman–Crippen LogP) is 4.56. The van der Waals surface area contributed by atoms with Crippen LogP contribution < -0.4 is 0 Å². The van der Waals surface area contributed by atoms with E-state index in [0.29, 0.717) is 0 Å². The third-order valence-corrected chi connectivity index (χ3v) is 3.17. The van der Waals surface area contributed by atoms with Crippen LogP contribution in [0.4, 0.5) is 0 Å². The Balaban J connectivity index is 4.22.